The van der Waals surface area contributed by atoms with Crippen molar-refractivity contribution in [2.24, 2.45) is 5.10 Å². The maximum Gasteiger partial charge on any atom is 0.0576 e. The van der Waals surface area contributed by atoms with Gasteiger partial charge in [0, 0.05) is 22.1 Å². The molecule has 0 atom stereocenters. The molecule has 0 bridgehead atoms. The molecule has 1 N–H and O–H groups in total. The quantitative estimate of drug-likeness (QED) is 0.274. The Balaban J connectivity index is 1.55. The first kappa shape index (κ1) is 18.8. The lowest BCUT2D eigenvalue weighted by Gasteiger charge is -2.25. The van der Waals surface area contributed by atoms with Crippen LogP contribution in [-0.2, 0) is 0 Å². The van der Waals surface area contributed by atoms with Crippen LogP contribution in [0.3, 0.4) is 0 Å². The third kappa shape index (κ3) is 4.84. The molecule has 0 heterocycles. The summed E-state index contributed by atoms with van der Waals surface area (Å²) < 4.78 is 0. The van der Waals surface area contributed by atoms with Gasteiger partial charge in [0.25, 0.3) is 0 Å². The molecule has 0 amide bonds. The van der Waals surface area contributed by atoms with Crippen LogP contribution in [0.5, 0.6) is 0 Å². The molecule has 0 saturated carbocycles. The van der Waals surface area contributed by atoms with E-state index in [1.54, 1.807) is 6.21 Å². The third-order valence-electron chi connectivity index (χ3n) is 4.41. The molecule has 0 fully saturated rings. The van der Waals surface area contributed by atoms with Gasteiger partial charge in [0.05, 0.1) is 11.9 Å². The summed E-state index contributed by atoms with van der Waals surface area (Å²) in [7, 11) is 0. The Morgan fingerprint density at radius 2 is 1.24 bits per heavy atom. The van der Waals surface area contributed by atoms with Crippen LogP contribution in [0, 0.1) is 0 Å². The Morgan fingerprint density at radius 1 is 0.655 bits per heavy atom. The van der Waals surface area contributed by atoms with E-state index in [1.165, 1.54) is 0 Å². The fourth-order valence-corrected chi connectivity index (χ4v) is 3.24. The van der Waals surface area contributed by atoms with Gasteiger partial charge in [-0.3, -0.25) is 5.43 Å². The molecule has 142 valence electrons. The first-order valence-corrected chi connectivity index (χ1v) is 9.72. The number of benzene rings is 4. The smallest absolute Gasteiger partial charge is 0.0576 e. The molecule has 0 aliphatic heterocycles. The number of nitrogens with one attached hydrogen (secondary N) is 1. The van der Waals surface area contributed by atoms with Crippen molar-refractivity contribution in [1.29, 1.82) is 0 Å². The summed E-state index contributed by atoms with van der Waals surface area (Å²) in [6.07, 6.45) is 1.79. The van der Waals surface area contributed by atoms with E-state index in [0.29, 0.717) is 5.02 Å². The van der Waals surface area contributed by atoms with Crippen LogP contribution in [0.4, 0.5) is 22.7 Å². The molecule has 0 aliphatic rings. The number of anilines is 4. The van der Waals surface area contributed by atoms with E-state index in [-0.39, 0.29) is 0 Å². The van der Waals surface area contributed by atoms with Crippen LogP contribution < -0.4 is 10.3 Å². The standard InChI is InChI=1S/C25H20ClN3/c26-21-8-7-9-22(18-21)28-27-19-20-14-16-25(17-15-20)29(23-10-3-1-4-11-23)24-12-5-2-6-13-24/h1-19,28H/b27-19-. The Hall–Kier alpha value is -3.56. The number of hydrogen-bond acceptors (Lipinski definition) is 3. The van der Waals surface area contributed by atoms with Crippen LogP contribution in [-0.4, -0.2) is 6.21 Å². The molecule has 29 heavy (non-hydrogen) atoms. The second kappa shape index (κ2) is 9.09. The van der Waals surface area contributed by atoms with E-state index < -0.39 is 0 Å². The zero-order chi connectivity index (χ0) is 19.9. The average Bonchev–Trinajstić information content (AvgIpc) is 2.77. The van der Waals surface area contributed by atoms with Crippen molar-refractivity contribution in [3.63, 3.8) is 0 Å². The largest absolute Gasteiger partial charge is 0.311 e. The van der Waals surface area contributed by atoms with Gasteiger partial charge in [-0.1, -0.05) is 66.2 Å². The van der Waals surface area contributed by atoms with Crippen molar-refractivity contribution in [3.8, 4) is 0 Å². The first-order valence-electron chi connectivity index (χ1n) is 9.34. The van der Waals surface area contributed by atoms with Crippen molar-refractivity contribution >= 4 is 40.6 Å². The van der Waals surface area contributed by atoms with E-state index in [4.69, 9.17) is 11.6 Å². The number of rotatable bonds is 6. The molecule has 0 unspecified atom stereocenters. The highest BCUT2D eigenvalue weighted by Crippen LogP contribution is 2.33. The van der Waals surface area contributed by atoms with Gasteiger partial charge in [-0.15, -0.1) is 0 Å². The van der Waals surface area contributed by atoms with Gasteiger partial charge in [0.2, 0.25) is 0 Å². The maximum absolute atomic E-state index is 5.99. The molecule has 0 aliphatic carbocycles. The molecule has 4 heteroatoms. The highest BCUT2D eigenvalue weighted by molar-refractivity contribution is 6.30. The molecule has 0 saturated heterocycles. The van der Waals surface area contributed by atoms with Gasteiger partial charge in [-0.25, -0.2) is 0 Å². The molecular weight excluding hydrogens is 378 g/mol. The monoisotopic (exact) mass is 397 g/mol. The average molecular weight is 398 g/mol. The van der Waals surface area contributed by atoms with E-state index in [2.05, 4.69) is 64.0 Å². The topological polar surface area (TPSA) is 27.6 Å². The van der Waals surface area contributed by atoms with Crippen molar-refractivity contribution in [2.45, 2.75) is 0 Å². The number of nitrogens with zero attached hydrogens (tertiary/aromatic N) is 2. The van der Waals surface area contributed by atoms with E-state index in [1.807, 2.05) is 60.7 Å². The van der Waals surface area contributed by atoms with E-state index in [0.717, 1.165) is 28.3 Å². The van der Waals surface area contributed by atoms with Gasteiger partial charge < -0.3 is 4.90 Å². The number of hydrogen-bond donors (Lipinski definition) is 1. The first-order chi connectivity index (χ1) is 14.3. The summed E-state index contributed by atoms with van der Waals surface area (Å²) >= 11 is 5.99. The minimum Gasteiger partial charge on any atom is -0.311 e. The summed E-state index contributed by atoms with van der Waals surface area (Å²) in [5.41, 5.74) is 8.17. The Bertz CT molecular complexity index is 1040. The fourth-order valence-electron chi connectivity index (χ4n) is 3.05. The SMILES string of the molecule is Clc1cccc(N/N=C\c2ccc(N(c3ccccc3)c3ccccc3)cc2)c1. The van der Waals surface area contributed by atoms with Crippen molar-refractivity contribution in [2.75, 3.05) is 10.3 Å². The second-order valence-electron chi connectivity index (χ2n) is 6.48. The summed E-state index contributed by atoms with van der Waals surface area (Å²) in [5, 5.41) is 4.97. The lowest BCUT2D eigenvalue weighted by Crippen LogP contribution is -2.09. The molecule has 3 nitrogen and oxygen atoms in total. The molecule has 4 aromatic carbocycles. The van der Waals surface area contributed by atoms with E-state index >= 15 is 0 Å². The predicted molar refractivity (Wildman–Crippen MR) is 124 cm³/mol. The predicted octanol–water partition coefficient (Wildman–Crippen LogP) is 7.26. The molecule has 4 aromatic rings. The molecule has 0 aromatic heterocycles. The Morgan fingerprint density at radius 3 is 1.83 bits per heavy atom. The molecular formula is C25H20ClN3. The van der Waals surface area contributed by atoms with Crippen LogP contribution >= 0.6 is 11.6 Å². The van der Waals surface area contributed by atoms with E-state index in [9.17, 15) is 0 Å². The number of para-hydroxylation sites is 2. The van der Waals surface area contributed by atoms with Gasteiger partial charge in [0.1, 0.15) is 0 Å². The normalized spacial score (nSPS) is 10.8. The van der Waals surface area contributed by atoms with Crippen LogP contribution in [0.15, 0.2) is 114 Å². The Labute approximate surface area is 175 Å². The van der Waals surface area contributed by atoms with Gasteiger partial charge >= 0.3 is 0 Å². The lowest BCUT2D eigenvalue weighted by atomic mass is 10.1. The molecule has 0 radical (unpaired) electrons. The van der Waals surface area contributed by atoms with Gasteiger partial charge in [-0.2, -0.15) is 5.10 Å². The van der Waals surface area contributed by atoms with Gasteiger partial charge in [0.15, 0.2) is 0 Å². The summed E-state index contributed by atoms with van der Waals surface area (Å²) in [6.45, 7) is 0. The van der Waals surface area contributed by atoms with Gasteiger partial charge in [-0.05, 0) is 60.2 Å². The number of halogens is 1. The highest BCUT2D eigenvalue weighted by Gasteiger charge is 2.11. The van der Waals surface area contributed by atoms with Crippen LogP contribution in [0.1, 0.15) is 5.56 Å². The minimum absolute atomic E-state index is 0.677. The minimum atomic E-state index is 0.677. The van der Waals surface area contributed by atoms with Crippen molar-refractivity contribution in [1.82, 2.24) is 0 Å². The van der Waals surface area contributed by atoms with Crippen LogP contribution in [0.25, 0.3) is 0 Å². The number of hydrazone groups is 1. The van der Waals surface area contributed by atoms with Crippen LogP contribution in [0.2, 0.25) is 5.02 Å². The fraction of sp³-hybridized carbons (Fsp3) is 0. The van der Waals surface area contributed by atoms with Crippen molar-refractivity contribution < 1.29 is 0 Å². The zero-order valence-electron chi connectivity index (χ0n) is 15.7. The van der Waals surface area contributed by atoms with Crippen molar-refractivity contribution in [3.05, 3.63) is 120 Å². The summed E-state index contributed by atoms with van der Waals surface area (Å²) in [5.74, 6) is 0. The summed E-state index contributed by atoms with van der Waals surface area (Å²) in [4.78, 5) is 2.23. The zero-order valence-corrected chi connectivity index (χ0v) is 16.5. The Kier molecular flexibility index (Phi) is 5.89. The third-order valence-corrected chi connectivity index (χ3v) is 4.65. The molecule has 0 spiro atoms. The summed E-state index contributed by atoms with van der Waals surface area (Å²) in [6, 6.07) is 36.5. The maximum atomic E-state index is 5.99. The highest BCUT2D eigenvalue weighted by atomic mass is 35.5. The lowest BCUT2D eigenvalue weighted by molar-refractivity contribution is 1.28. The second-order valence-corrected chi connectivity index (χ2v) is 6.91. The molecule has 4 rings (SSSR count).